The summed E-state index contributed by atoms with van der Waals surface area (Å²) in [4.78, 5) is 17.2. The summed E-state index contributed by atoms with van der Waals surface area (Å²) in [5.74, 6) is -0.727. The van der Waals surface area contributed by atoms with Crippen molar-refractivity contribution >= 4 is 33.5 Å². The maximum atomic E-state index is 12.8. The van der Waals surface area contributed by atoms with Crippen LogP contribution in [0.2, 0.25) is 0 Å². The molecule has 1 amide bonds. The fourth-order valence-electron chi connectivity index (χ4n) is 4.07. The summed E-state index contributed by atoms with van der Waals surface area (Å²) in [7, 11) is -3.74. The number of nitrogens with one attached hydrogen (secondary N) is 1. The highest BCUT2D eigenvalue weighted by atomic mass is 32.2. The smallest absolute Gasteiger partial charge is 0.406 e. The number of alkyl halides is 3. The third-order valence-corrected chi connectivity index (χ3v) is 7.51. The molecule has 0 saturated carbocycles. The third kappa shape index (κ3) is 5.49. The average molecular weight is 509 g/mol. The Morgan fingerprint density at radius 1 is 1.17 bits per heavy atom. The van der Waals surface area contributed by atoms with Crippen molar-refractivity contribution in [3.63, 3.8) is 0 Å². The second-order valence-corrected chi connectivity index (χ2v) is 10.2. The summed E-state index contributed by atoms with van der Waals surface area (Å²) < 4.78 is 68.5. The predicted octanol–water partition coefficient (Wildman–Crippen LogP) is 3.19. The monoisotopic (exact) mass is 508 g/mol. The van der Waals surface area contributed by atoms with Crippen molar-refractivity contribution in [3.05, 3.63) is 64.6 Å². The number of nitrogen functional groups attached to an aromatic ring is 1. The van der Waals surface area contributed by atoms with Crippen LogP contribution in [-0.2, 0) is 14.8 Å². The predicted molar refractivity (Wildman–Crippen MR) is 125 cm³/mol. The van der Waals surface area contributed by atoms with Gasteiger partial charge < -0.3 is 15.8 Å². The van der Waals surface area contributed by atoms with E-state index >= 15 is 0 Å². The lowest BCUT2D eigenvalue weighted by Crippen LogP contribution is -2.50. The van der Waals surface area contributed by atoms with Gasteiger partial charge in [-0.2, -0.15) is 4.31 Å². The van der Waals surface area contributed by atoms with Gasteiger partial charge in [0.1, 0.15) is 17.1 Å². The molecule has 2 aliphatic rings. The first-order chi connectivity index (χ1) is 16.4. The Hall–Kier alpha value is -3.38. The number of sulfonamides is 1. The van der Waals surface area contributed by atoms with Crippen LogP contribution in [0.15, 0.2) is 52.9 Å². The van der Waals surface area contributed by atoms with E-state index in [2.05, 4.69) is 15.0 Å². The maximum Gasteiger partial charge on any atom is 0.573 e. The number of aliphatic imine (C=N–C) groups is 1. The van der Waals surface area contributed by atoms with Crippen LogP contribution >= 0.6 is 0 Å². The van der Waals surface area contributed by atoms with Crippen molar-refractivity contribution < 1.29 is 31.1 Å². The number of hydrogen-bond acceptors (Lipinski definition) is 6. The van der Waals surface area contributed by atoms with Gasteiger partial charge in [0.25, 0.3) is 5.91 Å². The Kier molecular flexibility index (Phi) is 6.36. The molecule has 35 heavy (non-hydrogen) atoms. The van der Waals surface area contributed by atoms with Crippen molar-refractivity contribution in [1.82, 2.24) is 9.62 Å². The number of aryl methyl sites for hydroxylation is 1. The molecule has 0 atom stereocenters. The Morgan fingerprint density at radius 3 is 2.54 bits per heavy atom. The fraction of sp³-hybridized carbons (Fsp3) is 0.304. The normalized spacial score (nSPS) is 18.6. The molecule has 0 aromatic heterocycles. The van der Waals surface area contributed by atoms with Gasteiger partial charge in [-0.05, 0) is 61.2 Å². The summed E-state index contributed by atoms with van der Waals surface area (Å²) in [6.45, 7) is 1.95. The molecule has 0 aliphatic carbocycles. The lowest BCUT2D eigenvalue weighted by Gasteiger charge is -2.34. The van der Waals surface area contributed by atoms with Crippen LogP contribution < -0.4 is 15.8 Å². The molecule has 8 nitrogen and oxygen atoms in total. The van der Waals surface area contributed by atoms with E-state index in [1.807, 2.05) is 6.92 Å². The first kappa shape index (κ1) is 24.7. The van der Waals surface area contributed by atoms with Gasteiger partial charge in [-0.1, -0.05) is 18.2 Å². The molecule has 1 saturated heterocycles. The quantitative estimate of drug-likeness (QED) is 0.603. The zero-order chi connectivity index (χ0) is 25.4. The minimum atomic E-state index is -4.85. The summed E-state index contributed by atoms with van der Waals surface area (Å²) in [5.41, 5.74) is 6.94. The van der Waals surface area contributed by atoms with Crippen molar-refractivity contribution in [2.75, 3.05) is 18.8 Å². The number of anilines is 1. The van der Waals surface area contributed by atoms with E-state index in [-0.39, 0.29) is 37.3 Å². The SMILES string of the molecule is Cc1cc(N)ccc1C=CS(=O)(=O)N1CCC2(CC1)N=C(c1cccc(OC(F)(F)F)c1)NC2=O. The Labute approximate surface area is 200 Å². The van der Waals surface area contributed by atoms with E-state index in [1.54, 1.807) is 18.2 Å². The third-order valence-electron chi connectivity index (χ3n) is 5.94. The average Bonchev–Trinajstić information content (AvgIpc) is 3.08. The van der Waals surface area contributed by atoms with Gasteiger partial charge in [-0.15, -0.1) is 13.2 Å². The zero-order valence-corrected chi connectivity index (χ0v) is 19.5. The molecular formula is C23H23F3N4O4S. The lowest BCUT2D eigenvalue weighted by atomic mass is 9.89. The molecule has 0 radical (unpaired) electrons. The number of piperidine rings is 1. The van der Waals surface area contributed by atoms with E-state index in [9.17, 15) is 26.4 Å². The molecule has 1 fully saturated rings. The lowest BCUT2D eigenvalue weighted by molar-refractivity contribution is -0.274. The Bertz CT molecular complexity index is 1310. The summed E-state index contributed by atoms with van der Waals surface area (Å²) >= 11 is 0. The molecule has 2 heterocycles. The number of amides is 1. The maximum absolute atomic E-state index is 12.8. The molecule has 186 valence electrons. The van der Waals surface area contributed by atoms with Crippen LogP contribution in [0.4, 0.5) is 18.9 Å². The molecule has 3 N–H and O–H groups in total. The summed E-state index contributed by atoms with van der Waals surface area (Å²) in [5, 5.41) is 3.74. The van der Waals surface area contributed by atoms with Crippen LogP contribution in [0.1, 0.15) is 29.5 Å². The highest BCUT2D eigenvalue weighted by Crippen LogP contribution is 2.33. The number of halogens is 3. The summed E-state index contributed by atoms with van der Waals surface area (Å²) in [6, 6.07) is 10.3. The highest BCUT2D eigenvalue weighted by molar-refractivity contribution is 7.92. The molecule has 12 heteroatoms. The Morgan fingerprint density at radius 2 is 1.89 bits per heavy atom. The molecule has 2 aliphatic heterocycles. The molecule has 2 aromatic rings. The second-order valence-electron chi connectivity index (χ2n) is 8.38. The Balaban J connectivity index is 1.47. The van der Waals surface area contributed by atoms with Crippen molar-refractivity contribution in [2.45, 2.75) is 31.7 Å². The number of carbonyl (C=O) groups is 1. The number of nitrogens with two attached hydrogens (primary N) is 1. The fourth-order valence-corrected chi connectivity index (χ4v) is 5.26. The number of amidine groups is 1. The van der Waals surface area contributed by atoms with Gasteiger partial charge in [0.2, 0.25) is 10.0 Å². The van der Waals surface area contributed by atoms with Gasteiger partial charge >= 0.3 is 6.36 Å². The van der Waals surface area contributed by atoms with Gasteiger partial charge in [-0.3, -0.25) is 9.79 Å². The zero-order valence-electron chi connectivity index (χ0n) is 18.7. The molecule has 0 unspecified atom stereocenters. The molecule has 2 aromatic carbocycles. The number of carbonyl (C=O) groups excluding carboxylic acids is 1. The van der Waals surface area contributed by atoms with Crippen LogP contribution in [-0.4, -0.2) is 49.5 Å². The van der Waals surface area contributed by atoms with E-state index in [4.69, 9.17) is 5.73 Å². The molecule has 1 spiro atoms. The topological polar surface area (TPSA) is 114 Å². The first-order valence-corrected chi connectivity index (χ1v) is 12.2. The van der Waals surface area contributed by atoms with Crippen LogP contribution in [0.25, 0.3) is 6.08 Å². The molecule has 0 bridgehead atoms. The standard InChI is InChI=1S/C23H23F3N4O4S/c1-15-13-18(27)6-5-16(15)7-12-35(32,33)30-10-8-22(9-11-30)21(31)28-20(29-22)17-3-2-4-19(14-17)34-23(24,25)26/h2-7,12-14H,8-11,27H2,1H3,(H,28,29,31). The van der Waals surface area contributed by atoms with Crippen LogP contribution in [0.3, 0.4) is 0 Å². The number of benzene rings is 2. The van der Waals surface area contributed by atoms with Crippen molar-refractivity contribution in [2.24, 2.45) is 4.99 Å². The van der Waals surface area contributed by atoms with Crippen LogP contribution in [0.5, 0.6) is 5.75 Å². The van der Waals surface area contributed by atoms with E-state index < -0.39 is 33.6 Å². The van der Waals surface area contributed by atoms with Gasteiger partial charge in [0, 0.05) is 29.7 Å². The van der Waals surface area contributed by atoms with E-state index in [0.29, 0.717) is 5.69 Å². The van der Waals surface area contributed by atoms with Crippen molar-refractivity contribution in [1.29, 1.82) is 0 Å². The highest BCUT2D eigenvalue weighted by Gasteiger charge is 2.47. The number of ether oxygens (including phenoxy) is 1. The van der Waals surface area contributed by atoms with Crippen molar-refractivity contribution in [3.8, 4) is 5.75 Å². The largest absolute Gasteiger partial charge is 0.573 e. The van der Waals surface area contributed by atoms with Gasteiger partial charge in [0.15, 0.2) is 0 Å². The molecular weight excluding hydrogens is 485 g/mol. The summed E-state index contributed by atoms with van der Waals surface area (Å²) in [6.07, 6.45) is -3.08. The number of hydrogen-bond donors (Lipinski definition) is 2. The number of rotatable bonds is 5. The van der Waals surface area contributed by atoms with Crippen LogP contribution in [0, 0.1) is 6.92 Å². The van der Waals surface area contributed by atoms with E-state index in [1.165, 1.54) is 22.5 Å². The minimum Gasteiger partial charge on any atom is -0.406 e. The molecule has 4 rings (SSSR count). The van der Waals surface area contributed by atoms with Gasteiger partial charge in [-0.25, -0.2) is 8.42 Å². The van der Waals surface area contributed by atoms with E-state index in [0.717, 1.165) is 28.7 Å². The first-order valence-electron chi connectivity index (χ1n) is 10.7. The second kappa shape index (κ2) is 9.00. The minimum absolute atomic E-state index is 0.0643. The number of nitrogens with zero attached hydrogens (tertiary/aromatic N) is 2. The van der Waals surface area contributed by atoms with Gasteiger partial charge in [0.05, 0.1) is 0 Å².